The van der Waals surface area contributed by atoms with Crippen molar-refractivity contribution in [2.24, 2.45) is 11.0 Å². The molecule has 5 nitrogen and oxygen atoms in total. The number of amides is 2. The van der Waals surface area contributed by atoms with Crippen LogP contribution in [0.4, 0.5) is 0 Å². The van der Waals surface area contributed by atoms with Gasteiger partial charge in [-0.1, -0.05) is 54.1 Å². The van der Waals surface area contributed by atoms with Gasteiger partial charge in [-0.05, 0) is 30.2 Å². The van der Waals surface area contributed by atoms with Gasteiger partial charge >= 0.3 is 0 Å². The van der Waals surface area contributed by atoms with E-state index >= 15 is 0 Å². The van der Waals surface area contributed by atoms with E-state index in [-0.39, 0.29) is 24.2 Å². The van der Waals surface area contributed by atoms with Crippen molar-refractivity contribution in [3.8, 4) is 0 Å². The molecule has 0 aromatic heterocycles. The molecule has 0 saturated carbocycles. The van der Waals surface area contributed by atoms with E-state index in [1.807, 2.05) is 49.4 Å². The summed E-state index contributed by atoms with van der Waals surface area (Å²) in [6.45, 7) is 2.75. The summed E-state index contributed by atoms with van der Waals surface area (Å²) in [5.74, 6) is -0.623. The van der Waals surface area contributed by atoms with Crippen molar-refractivity contribution in [1.82, 2.24) is 10.3 Å². The van der Waals surface area contributed by atoms with E-state index in [9.17, 15) is 9.59 Å². The van der Waals surface area contributed by atoms with Gasteiger partial charge in [0.1, 0.15) is 0 Å². The number of hydrazone groups is 1. The molecular weight excluding hydrogens is 350 g/mol. The SMILES string of the molecule is C/C(=N\NC(=O)C1CC(=O)N(Cc2ccccc2)C1)c1ccc(Cl)cc1. The lowest BCUT2D eigenvalue weighted by Crippen LogP contribution is -2.30. The molecule has 0 spiro atoms. The molecular formula is C20H20ClN3O2. The maximum atomic E-state index is 12.4. The summed E-state index contributed by atoms with van der Waals surface area (Å²) in [6, 6.07) is 17.0. The Kier molecular flexibility index (Phi) is 5.68. The Morgan fingerprint density at radius 2 is 1.88 bits per heavy atom. The number of carbonyl (C=O) groups is 2. The van der Waals surface area contributed by atoms with E-state index in [0.29, 0.717) is 23.8 Å². The van der Waals surface area contributed by atoms with Crippen molar-refractivity contribution >= 4 is 29.1 Å². The molecule has 0 aliphatic carbocycles. The third-order valence-electron chi connectivity index (χ3n) is 4.40. The van der Waals surface area contributed by atoms with Crippen LogP contribution in [0.5, 0.6) is 0 Å². The van der Waals surface area contributed by atoms with Gasteiger partial charge in [0.2, 0.25) is 11.8 Å². The zero-order valence-electron chi connectivity index (χ0n) is 14.5. The standard InChI is InChI=1S/C20H20ClN3O2/c1-14(16-7-9-18(21)10-8-16)22-23-20(26)17-11-19(25)24(13-17)12-15-5-3-2-4-6-15/h2-10,17H,11-13H2,1H3,(H,23,26)/b22-14+. The molecule has 1 atom stereocenters. The minimum Gasteiger partial charge on any atom is -0.338 e. The maximum Gasteiger partial charge on any atom is 0.245 e. The third kappa shape index (κ3) is 4.49. The van der Waals surface area contributed by atoms with Crippen LogP contribution in [0.1, 0.15) is 24.5 Å². The Morgan fingerprint density at radius 3 is 2.58 bits per heavy atom. The fraction of sp³-hybridized carbons (Fsp3) is 0.250. The van der Waals surface area contributed by atoms with Gasteiger partial charge in [0.15, 0.2) is 0 Å². The monoisotopic (exact) mass is 369 g/mol. The number of benzene rings is 2. The average molecular weight is 370 g/mol. The minimum absolute atomic E-state index is 0.00703. The van der Waals surface area contributed by atoms with Crippen molar-refractivity contribution in [1.29, 1.82) is 0 Å². The zero-order chi connectivity index (χ0) is 18.5. The smallest absolute Gasteiger partial charge is 0.245 e. The molecule has 1 saturated heterocycles. The molecule has 6 heteroatoms. The van der Waals surface area contributed by atoms with Gasteiger partial charge in [-0.15, -0.1) is 0 Å². The molecule has 1 unspecified atom stereocenters. The highest BCUT2D eigenvalue weighted by molar-refractivity contribution is 6.30. The highest BCUT2D eigenvalue weighted by Crippen LogP contribution is 2.20. The molecule has 0 bridgehead atoms. The van der Waals surface area contributed by atoms with Crippen LogP contribution in [0.15, 0.2) is 59.7 Å². The molecule has 2 aromatic rings. The number of hydrogen-bond donors (Lipinski definition) is 1. The first-order valence-corrected chi connectivity index (χ1v) is 8.82. The Morgan fingerprint density at radius 1 is 1.19 bits per heavy atom. The first-order valence-electron chi connectivity index (χ1n) is 8.44. The fourth-order valence-corrected chi connectivity index (χ4v) is 3.02. The first kappa shape index (κ1) is 18.1. The lowest BCUT2D eigenvalue weighted by atomic mass is 10.1. The molecule has 134 valence electrons. The molecule has 1 aliphatic heterocycles. The normalized spacial score (nSPS) is 17.5. The Balaban J connectivity index is 1.57. The summed E-state index contributed by atoms with van der Waals surface area (Å²) in [5, 5.41) is 4.79. The molecule has 1 aliphatic rings. The number of rotatable bonds is 5. The number of halogens is 1. The van der Waals surface area contributed by atoms with Gasteiger partial charge in [0, 0.05) is 24.5 Å². The lowest BCUT2D eigenvalue weighted by Gasteiger charge is -2.16. The van der Waals surface area contributed by atoms with Crippen LogP contribution in [0.25, 0.3) is 0 Å². The largest absolute Gasteiger partial charge is 0.338 e. The van der Waals surface area contributed by atoms with Crippen molar-refractivity contribution in [3.05, 3.63) is 70.7 Å². The highest BCUT2D eigenvalue weighted by atomic mass is 35.5. The van der Waals surface area contributed by atoms with Gasteiger partial charge in [-0.3, -0.25) is 9.59 Å². The van der Waals surface area contributed by atoms with E-state index in [2.05, 4.69) is 10.5 Å². The first-order chi connectivity index (χ1) is 12.5. The van der Waals surface area contributed by atoms with Crippen LogP contribution in [-0.2, 0) is 16.1 Å². The molecule has 1 fully saturated rings. The van der Waals surface area contributed by atoms with Gasteiger partial charge in [0.05, 0.1) is 11.6 Å². The van der Waals surface area contributed by atoms with Crippen LogP contribution in [0.3, 0.4) is 0 Å². The predicted molar refractivity (Wildman–Crippen MR) is 102 cm³/mol. The average Bonchev–Trinajstić information content (AvgIpc) is 3.01. The van der Waals surface area contributed by atoms with Gasteiger partial charge < -0.3 is 4.90 Å². The summed E-state index contributed by atoms with van der Waals surface area (Å²) in [4.78, 5) is 26.3. The third-order valence-corrected chi connectivity index (χ3v) is 4.65. The molecule has 2 aromatic carbocycles. The zero-order valence-corrected chi connectivity index (χ0v) is 15.2. The molecule has 26 heavy (non-hydrogen) atoms. The Hall–Kier alpha value is -2.66. The predicted octanol–water partition coefficient (Wildman–Crippen LogP) is 3.23. The van der Waals surface area contributed by atoms with E-state index in [0.717, 1.165) is 11.1 Å². The van der Waals surface area contributed by atoms with Crippen molar-refractivity contribution in [2.45, 2.75) is 19.9 Å². The topological polar surface area (TPSA) is 61.8 Å². The van der Waals surface area contributed by atoms with E-state index in [4.69, 9.17) is 11.6 Å². The lowest BCUT2D eigenvalue weighted by molar-refractivity contribution is -0.129. The second-order valence-corrected chi connectivity index (χ2v) is 6.78. The highest BCUT2D eigenvalue weighted by Gasteiger charge is 2.34. The van der Waals surface area contributed by atoms with Crippen LogP contribution in [0.2, 0.25) is 5.02 Å². The van der Waals surface area contributed by atoms with Gasteiger partial charge in [-0.25, -0.2) is 5.43 Å². The van der Waals surface area contributed by atoms with Crippen molar-refractivity contribution in [3.63, 3.8) is 0 Å². The van der Waals surface area contributed by atoms with Crippen LogP contribution in [0, 0.1) is 5.92 Å². The number of nitrogens with one attached hydrogen (secondary N) is 1. The Bertz CT molecular complexity index is 819. The Labute approximate surface area is 157 Å². The summed E-state index contributed by atoms with van der Waals surface area (Å²) in [6.07, 6.45) is 0.216. The van der Waals surface area contributed by atoms with Crippen molar-refractivity contribution in [2.75, 3.05) is 6.54 Å². The van der Waals surface area contributed by atoms with E-state index < -0.39 is 0 Å². The second-order valence-electron chi connectivity index (χ2n) is 6.34. The van der Waals surface area contributed by atoms with Gasteiger partial charge in [0.25, 0.3) is 0 Å². The number of hydrogen-bond acceptors (Lipinski definition) is 3. The summed E-state index contributed by atoms with van der Waals surface area (Å²) in [7, 11) is 0. The molecule has 1 N–H and O–H groups in total. The molecule has 3 rings (SSSR count). The maximum absolute atomic E-state index is 12.4. The second kappa shape index (κ2) is 8.15. The molecule has 1 heterocycles. The van der Waals surface area contributed by atoms with Crippen LogP contribution in [-0.4, -0.2) is 29.0 Å². The number of carbonyl (C=O) groups excluding carboxylic acids is 2. The summed E-state index contributed by atoms with van der Waals surface area (Å²) in [5.41, 5.74) is 5.19. The van der Waals surface area contributed by atoms with E-state index in [1.165, 1.54) is 0 Å². The quantitative estimate of drug-likeness (QED) is 0.649. The fourth-order valence-electron chi connectivity index (χ4n) is 2.89. The minimum atomic E-state index is -0.381. The summed E-state index contributed by atoms with van der Waals surface area (Å²) < 4.78 is 0. The van der Waals surface area contributed by atoms with E-state index in [1.54, 1.807) is 17.0 Å². The van der Waals surface area contributed by atoms with Crippen LogP contribution >= 0.6 is 11.6 Å². The van der Waals surface area contributed by atoms with Crippen molar-refractivity contribution < 1.29 is 9.59 Å². The molecule has 2 amide bonds. The molecule has 0 radical (unpaired) electrons. The number of nitrogens with zero attached hydrogens (tertiary/aromatic N) is 2. The van der Waals surface area contributed by atoms with Crippen LogP contribution < -0.4 is 5.43 Å². The van der Waals surface area contributed by atoms with Gasteiger partial charge in [-0.2, -0.15) is 5.10 Å². The number of likely N-dealkylation sites (tertiary alicyclic amines) is 1. The summed E-state index contributed by atoms with van der Waals surface area (Å²) >= 11 is 5.87.